The number of hydrogen-bond acceptors (Lipinski definition) is 9. The van der Waals surface area contributed by atoms with Crippen LogP contribution in [0.25, 0.3) is 0 Å². The molecule has 1 fully saturated rings. The lowest BCUT2D eigenvalue weighted by Gasteiger charge is -2.42. The summed E-state index contributed by atoms with van der Waals surface area (Å²) in [6.07, 6.45) is 7.97. The van der Waals surface area contributed by atoms with Crippen molar-refractivity contribution in [2.75, 3.05) is 19.9 Å². The summed E-state index contributed by atoms with van der Waals surface area (Å²) >= 11 is 0. The molecule has 1 aromatic carbocycles. The number of nitrogens with one attached hydrogen (secondary N) is 1. The highest BCUT2D eigenvalue weighted by molar-refractivity contribution is 5.99. The van der Waals surface area contributed by atoms with Gasteiger partial charge in [0.15, 0.2) is 11.3 Å². The Kier molecular flexibility index (Phi) is 11.8. The SMILES string of the molecule is CC1=NO[C@@]2(CC[C@H](C)N3C[C@H]2n2cc(C(=O)NCc4ccc(F)cc4F)c(=O)c(OCOC(=O)OCCCCCCCC(C)C)c2C3=O)C1. The molecule has 1 N–H and O–H groups in total. The number of ether oxygens (including phenoxy) is 3. The van der Waals surface area contributed by atoms with Gasteiger partial charge in [-0.1, -0.05) is 57.2 Å². The van der Waals surface area contributed by atoms with E-state index in [0.29, 0.717) is 37.7 Å². The molecule has 1 saturated heterocycles. The van der Waals surface area contributed by atoms with Crippen LogP contribution in [-0.4, -0.2) is 64.7 Å². The maximum absolute atomic E-state index is 14.3. The Balaban J connectivity index is 1.36. The molecule has 3 atom stereocenters. The fourth-order valence-electron chi connectivity index (χ4n) is 6.86. The van der Waals surface area contributed by atoms with Gasteiger partial charge in [-0.05, 0) is 45.1 Å². The lowest BCUT2D eigenvalue weighted by atomic mass is 9.84. The van der Waals surface area contributed by atoms with E-state index in [-0.39, 0.29) is 37.0 Å². The maximum atomic E-state index is 14.3. The number of amides is 2. The van der Waals surface area contributed by atoms with Gasteiger partial charge in [0.05, 0.1) is 18.4 Å². The maximum Gasteiger partial charge on any atom is 0.511 e. The van der Waals surface area contributed by atoms with Crippen LogP contribution >= 0.6 is 0 Å². The van der Waals surface area contributed by atoms with Gasteiger partial charge in [-0.2, -0.15) is 0 Å². The van der Waals surface area contributed by atoms with Gasteiger partial charge >= 0.3 is 6.16 Å². The van der Waals surface area contributed by atoms with Gasteiger partial charge in [0.2, 0.25) is 18.0 Å². The Morgan fingerprint density at radius 1 is 1.12 bits per heavy atom. The topological polar surface area (TPSA) is 138 Å². The molecule has 14 heteroatoms. The molecule has 2 amide bonds. The van der Waals surface area contributed by atoms with Gasteiger partial charge in [0.25, 0.3) is 11.8 Å². The molecule has 4 heterocycles. The predicted octanol–water partition coefficient (Wildman–Crippen LogP) is 6.26. The number of oxime groups is 1. The minimum absolute atomic E-state index is 0.00170. The van der Waals surface area contributed by atoms with Crippen LogP contribution in [0.2, 0.25) is 0 Å². The Bertz CT molecular complexity index is 1680. The molecule has 3 aliphatic heterocycles. The molecule has 12 nitrogen and oxygen atoms in total. The lowest BCUT2D eigenvalue weighted by molar-refractivity contribution is -0.0658. The van der Waals surface area contributed by atoms with E-state index in [9.17, 15) is 28.0 Å². The number of halogens is 2. The lowest BCUT2D eigenvalue weighted by Crippen LogP contribution is -2.52. The van der Waals surface area contributed by atoms with Gasteiger partial charge in [0, 0.05) is 43.4 Å². The number of unbranched alkanes of at least 4 members (excludes halogenated alkanes) is 4. The Morgan fingerprint density at radius 3 is 2.60 bits per heavy atom. The highest BCUT2D eigenvalue weighted by Crippen LogP contribution is 2.46. The van der Waals surface area contributed by atoms with Crippen molar-refractivity contribution < 1.29 is 42.2 Å². The summed E-state index contributed by atoms with van der Waals surface area (Å²) in [7, 11) is 0. The molecule has 272 valence electrons. The molecule has 50 heavy (non-hydrogen) atoms. The van der Waals surface area contributed by atoms with Crippen molar-refractivity contribution in [2.24, 2.45) is 11.1 Å². The molecular formula is C36H46F2N4O8. The zero-order chi connectivity index (χ0) is 36.0. The van der Waals surface area contributed by atoms with Crippen molar-refractivity contribution in [1.82, 2.24) is 14.8 Å². The zero-order valence-corrected chi connectivity index (χ0v) is 29.1. The van der Waals surface area contributed by atoms with Crippen molar-refractivity contribution in [3.63, 3.8) is 0 Å². The average Bonchev–Trinajstić information content (AvgIpc) is 3.40. The third-order valence-electron chi connectivity index (χ3n) is 9.65. The summed E-state index contributed by atoms with van der Waals surface area (Å²) in [6, 6.07) is 2.16. The van der Waals surface area contributed by atoms with Crippen molar-refractivity contribution >= 4 is 23.7 Å². The number of aromatic nitrogens is 1. The fourth-order valence-corrected chi connectivity index (χ4v) is 6.86. The molecule has 0 unspecified atom stereocenters. The third kappa shape index (κ3) is 8.27. The summed E-state index contributed by atoms with van der Waals surface area (Å²) in [5.74, 6) is -2.82. The first-order chi connectivity index (χ1) is 23.9. The second-order valence-corrected chi connectivity index (χ2v) is 13.9. The number of carbonyl (C=O) groups is 3. The number of carbonyl (C=O) groups excluding carboxylic acids is 3. The zero-order valence-electron chi connectivity index (χ0n) is 29.1. The van der Waals surface area contributed by atoms with E-state index in [4.69, 9.17) is 19.0 Å². The summed E-state index contributed by atoms with van der Waals surface area (Å²) in [6.45, 7) is 7.41. The molecule has 1 spiro atoms. The summed E-state index contributed by atoms with van der Waals surface area (Å²) < 4.78 is 45.2. The van der Waals surface area contributed by atoms with Crippen LogP contribution in [0, 0.1) is 17.6 Å². The standard InChI is InChI=1S/C36H46F2N4O8/c1-22(2)10-8-6-5-7-9-15-47-35(46)49-21-48-32-30-34(45)41-20-29(36(14-13-24(41)4)17-23(3)40-50-36)42(30)19-27(31(32)43)33(44)39-18-25-11-12-26(37)16-28(25)38/h11-12,16,19,22,24,29H,5-10,13-15,17-18,20-21H2,1-4H3,(H,39,44)/t24-,29+,36-/m0/s1. The van der Waals surface area contributed by atoms with E-state index in [1.807, 2.05) is 13.8 Å². The number of benzene rings is 1. The van der Waals surface area contributed by atoms with Crippen molar-refractivity contribution in [2.45, 2.75) is 110 Å². The van der Waals surface area contributed by atoms with Crippen molar-refractivity contribution in [1.29, 1.82) is 0 Å². The van der Waals surface area contributed by atoms with Crippen LogP contribution < -0.4 is 15.5 Å². The first-order valence-electron chi connectivity index (χ1n) is 17.4. The minimum Gasteiger partial charge on any atom is -0.451 e. The smallest absolute Gasteiger partial charge is 0.451 e. The highest BCUT2D eigenvalue weighted by Gasteiger charge is 2.54. The predicted molar refractivity (Wildman–Crippen MR) is 179 cm³/mol. The number of fused-ring (bicyclic) bond motifs is 5. The Morgan fingerprint density at radius 2 is 1.88 bits per heavy atom. The van der Waals surface area contributed by atoms with E-state index < -0.39 is 64.8 Å². The summed E-state index contributed by atoms with van der Waals surface area (Å²) in [4.78, 5) is 61.5. The Hall–Kier alpha value is -4.49. The molecule has 2 bridgehead atoms. The minimum atomic E-state index is -1.00. The largest absolute Gasteiger partial charge is 0.511 e. The molecule has 1 aromatic heterocycles. The van der Waals surface area contributed by atoms with E-state index in [1.54, 1.807) is 4.90 Å². The third-order valence-corrected chi connectivity index (χ3v) is 9.65. The second kappa shape index (κ2) is 16.0. The molecule has 0 saturated carbocycles. The fraction of sp³-hybridized carbons (Fsp3) is 0.583. The van der Waals surface area contributed by atoms with E-state index >= 15 is 0 Å². The van der Waals surface area contributed by atoms with Crippen LogP contribution in [0.15, 0.2) is 34.3 Å². The first-order valence-corrected chi connectivity index (χ1v) is 17.4. The highest BCUT2D eigenvalue weighted by atomic mass is 19.1. The van der Waals surface area contributed by atoms with Gasteiger partial charge in [-0.3, -0.25) is 14.4 Å². The van der Waals surface area contributed by atoms with Crippen molar-refractivity contribution in [3.8, 4) is 5.75 Å². The molecule has 0 aliphatic carbocycles. The molecule has 5 rings (SSSR count). The molecule has 0 radical (unpaired) electrons. The van der Waals surface area contributed by atoms with Gasteiger partial charge in [-0.15, -0.1) is 0 Å². The Labute approximate surface area is 290 Å². The van der Waals surface area contributed by atoms with Crippen LogP contribution in [0.1, 0.15) is 118 Å². The van der Waals surface area contributed by atoms with Gasteiger partial charge in [-0.25, -0.2) is 13.6 Å². The summed E-state index contributed by atoms with van der Waals surface area (Å²) in [5, 5.41) is 6.72. The van der Waals surface area contributed by atoms with Crippen LogP contribution in [-0.2, 0) is 20.9 Å². The quantitative estimate of drug-likeness (QED) is 0.139. The van der Waals surface area contributed by atoms with E-state index in [2.05, 4.69) is 24.3 Å². The van der Waals surface area contributed by atoms with E-state index in [0.717, 1.165) is 31.0 Å². The monoisotopic (exact) mass is 700 g/mol. The summed E-state index contributed by atoms with van der Waals surface area (Å²) in [5.41, 5.74) is -1.55. The van der Waals surface area contributed by atoms with Gasteiger partial charge in [0.1, 0.15) is 17.2 Å². The number of pyridine rings is 1. The first kappa shape index (κ1) is 36.8. The molecule has 2 aromatic rings. The van der Waals surface area contributed by atoms with Crippen LogP contribution in [0.5, 0.6) is 5.75 Å². The number of rotatable bonds is 14. The number of nitrogens with zero attached hydrogens (tertiary/aromatic N) is 3. The van der Waals surface area contributed by atoms with Crippen molar-refractivity contribution in [3.05, 3.63) is 63.1 Å². The van der Waals surface area contributed by atoms with E-state index in [1.165, 1.54) is 29.7 Å². The molecular weight excluding hydrogens is 654 g/mol. The average molecular weight is 701 g/mol. The molecule has 3 aliphatic rings. The normalized spacial score (nSPS) is 21.0. The van der Waals surface area contributed by atoms with Crippen LogP contribution in [0.3, 0.4) is 0 Å². The van der Waals surface area contributed by atoms with Gasteiger partial charge < -0.3 is 33.8 Å². The number of hydrogen-bond donors (Lipinski definition) is 1. The second-order valence-electron chi connectivity index (χ2n) is 13.9. The van der Waals surface area contributed by atoms with Crippen LogP contribution in [0.4, 0.5) is 13.6 Å².